The lowest BCUT2D eigenvalue weighted by molar-refractivity contribution is 0.0756. The summed E-state index contributed by atoms with van der Waals surface area (Å²) in [4.78, 5) is 19.4. The lowest BCUT2D eigenvalue weighted by Crippen LogP contribution is -2.31. The Bertz CT molecular complexity index is 892. The van der Waals surface area contributed by atoms with Gasteiger partial charge in [-0.15, -0.1) is 11.8 Å². The van der Waals surface area contributed by atoms with Crippen LogP contribution < -0.4 is 0 Å². The Labute approximate surface area is 149 Å². The number of carbonyl (C=O) groups excluding carboxylic acids is 1. The second-order valence-electron chi connectivity index (χ2n) is 5.65. The molecule has 5 heteroatoms. The number of carbonyl (C=O) groups is 1. The first-order chi connectivity index (χ1) is 11.7. The van der Waals surface area contributed by atoms with E-state index in [1.807, 2.05) is 59.5 Å². The molecule has 3 aromatic rings. The van der Waals surface area contributed by atoms with Crippen molar-refractivity contribution in [2.24, 2.45) is 0 Å². The number of hydrogen-bond donors (Lipinski definition) is 0. The van der Waals surface area contributed by atoms with Gasteiger partial charge in [0.2, 0.25) is 0 Å². The van der Waals surface area contributed by atoms with Gasteiger partial charge in [0.05, 0.1) is 0 Å². The average molecular weight is 355 g/mol. The molecule has 120 valence electrons. The minimum absolute atomic E-state index is 0.00975. The molecule has 1 aromatic heterocycles. The van der Waals surface area contributed by atoms with Crippen molar-refractivity contribution in [1.29, 1.82) is 0 Å². The van der Waals surface area contributed by atoms with Crippen molar-refractivity contribution in [3.05, 3.63) is 77.1 Å². The van der Waals surface area contributed by atoms with Crippen molar-refractivity contribution in [1.82, 2.24) is 9.88 Å². The van der Waals surface area contributed by atoms with E-state index in [-0.39, 0.29) is 11.3 Å². The number of benzene rings is 2. The van der Waals surface area contributed by atoms with E-state index in [4.69, 9.17) is 11.6 Å². The van der Waals surface area contributed by atoms with E-state index in [1.54, 1.807) is 18.0 Å². The summed E-state index contributed by atoms with van der Waals surface area (Å²) in [6, 6.07) is 17.5. The van der Waals surface area contributed by atoms with Crippen LogP contribution >= 0.6 is 23.4 Å². The largest absolute Gasteiger partial charge is 0.320 e. The van der Waals surface area contributed by atoms with Crippen LogP contribution in [0, 0.1) is 0 Å². The van der Waals surface area contributed by atoms with Gasteiger partial charge < -0.3 is 4.90 Å². The fraction of sp³-hybridized carbons (Fsp3) is 0.158. The molecule has 1 amide bonds. The zero-order valence-electron chi connectivity index (χ0n) is 12.9. The Kier molecular flexibility index (Phi) is 4.17. The Hall–Kier alpha value is -2.04. The van der Waals surface area contributed by atoms with E-state index in [1.165, 1.54) is 0 Å². The highest BCUT2D eigenvalue weighted by Crippen LogP contribution is 2.39. The highest BCUT2D eigenvalue weighted by atomic mass is 35.5. The molecule has 1 fully saturated rings. The number of aromatic nitrogens is 1. The number of pyridine rings is 1. The van der Waals surface area contributed by atoms with Crippen molar-refractivity contribution in [3.8, 4) is 0 Å². The minimum Gasteiger partial charge on any atom is -0.320 e. The quantitative estimate of drug-likeness (QED) is 0.664. The van der Waals surface area contributed by atoms with Gasteiger partial charge in [-0.3, -0.25) is 9.78 Å². The third-order valence-corrected chi connectivity index (χ3v) is 5.70. The molecule has 0 aliphatic carbocycles. The zero-order valence-corrected chi connectivity index (χ0v) is 14.4. The summed E-state index contributed by atoms with van der Waals surface area (Å²) < 4.78 is 0. The third-order valence-electron chi connectivity index (χ3n) is 4.18. The summed E-state index contributed by atoms with van der Waals surface area (Å²) in [6.45, 7) is 0.724. The number of rotatable bonds is 2. The predicted molar refractivity (Wildman–Crippen MR) is 99.4 cm³/mol. The first-order valence-electron chi connectivity index (χ1n) is 7.76. The summed E-state index contributed by atoms with van der Waals surface area (Å²) in [7, 11) is 0. The summed E-state index contributed by atoms with van der Waals surface area (Å²) >= 11 is 7.75. The second-order valence-corrected chi connectivity index (χ2v) is 7.28. The van der Waals surface area contributed by atoms with Crippen LogP contribution in [0.5, 0.6) is 0 Å². The van der Waals surface area contributed by atoms with Crippen LogP contribution in [-0.2, 0) is 0 Å². The number of fused-ring (bicyclic) bond motifs is 1. The number of halogens is 1. The number of amides is 1. The molecule has 1 saturated heterocycles. The van der Waals surface area contributed by atoms with Crippen molar-refractivity contribution in [2.45, 2.75) is 5.37 Å². The van der Waals surface area contributed by atoms with Gasteiger partial charge >= 0.3 is 0 Å². The monoisotopic (exact) mass is 354 g/mol. The molecule has 1 atom stereocenters. The Morgan fingerprint density at radius 1 is 1.12 bits per heavy atom. The minimum atomic E-state index is -0.0169. The molecule has 2 heterocycles. The summed E-state index contributed by atoms with van der Waals surface area (Å²) in [5, 5.41) is 2.65. The highest BCUT2D eigenvalue weighted by molar-refractivity contribution is 7.99. The molecule has 24 heavy (non-hydrogen) atoms. The van der Waals surface area contributed by atoms with Crippen molar-refractivity contribution in [2.75, 3.05) is 12.3 Å². The van der Waals surface area contributed by atoms with Crippen LogP contribution in [0.15, 0.2) is 60.8 Å². The normalized spacial score (nSPS) is 17.4. The molecule has 0 bridgehead atoms. The molecule has 0 saturated carbocycles. The number of thioether (sulfide) groups is 1. The Morgan fingerprint density at radius 3 is 2.75 bits per heavy atom. The van der Waals surface area contributed by atoms with Gasteiger partial charge in [-0.05, 0) is 29.1 Å². The summed E-state index contributed by atoms with van der Waals surface area (Å²) in [5.74, 6) is 0.904. The van der Waals surface area contributed by atoms with Crippen LogP contribution in [0.4, 0.5) is 0 Å². The smallest absolute Gasteiger partial charge is 0.274 e. The van der Waals surface area contributed by atoms with Gasteiger partial charge in [0.1, 0.15) is 11.1 Å². The highest BCUT2D eigenvalue weighted by Gasteiger charge is 2.32. The van der Waals surface area contributed by atoms with Crippen molar-refractivity contribution >= 4 is 40.0 Å². The van der Waals surface area contributed by atoms with Gasteiger partial charge in [-0.25, -0.2) is 0 Å². The molecule has 1 aliphatic rings. The van der Waals surface area contributed by atoms with Crippen molar-refractivity contribution in [3.63, 3.8) is 0 Å². The van der Waals surface area contributed by atoms with E-state index in [0.29, 0.717) is 10.7 Å². The lowest BCUT2D eigenvalue weighted by Gasteiger charge is -2.24. The van der Waals surface area contributed by atoms with E-state index in [2.05, 4.69) is 4.98 Å². The molecule has 0 spiro atoms. The van der Waals surface area contributed by atoms with Gasteiger partial charge in [0.25, 0.3) is 5.91 Å². The molecule has 2 aromatic carbocycles. The van der Waals surface area contributed by atoms with Gasteiger partial charge in [0, 0.05) is 28.9 Å². The Balaban J connectivity index is 1.71. The first kappa shape index (κ1) is 15.5. The van der Waals surface area contributed by atoms with E-state index < -0.39 is 0 Å². The van der Waals surface area contributed by atoms with E-state index in [0.717, 1.165) is 28.6 Å². The predicted octanol–water partition coefficient (Wildman–Crippen LogP) is 4.78. The van der Waals surface area contributed by atoms with Crippen LogP contribution in [0.25, 0.3) is 10.8 Å². The number of hydrogen-bond acceptors (Lipinski definition) is 3. The van der Waals surface area contributed by atoms with Gasteiger partial charge in [-0.2, -0.15) is 0 Å². The fourth-order valence-corrected chi connectivity index (χ4v) is 4.39. The summed E-state index contributed by atoms with van der Waals surface area (Å²) in [6.07, 6.45) is 1.70. The maximum atomic E-state index is 13.1. The standard InChI is InChI=1S/C19H15ClN2OS/c20-15-7-5-14(6-8-15)19-22(11-12-24-19)18(23)17-16-4-2-1-3-13(16)9-10-21-17/h1-10,19H,11-12H2. The molecular formula is C19H15ClN2OS. The van der Waals surface area contributed by atoms with Gasteiger partial charge in [0.15, 0.2) is 0 Å². The lowest BCUT2D eigenvalue weighted by atomic mass is 10.1. The topological polar surface area (TPSA) is 33.2 Å². The third kappa shape index (κ3) is 2.76. The van der Waals surface area contributed by atoms with E-state index in [9.17, 15) is 4.79 Å². The van der Waals surface area contributed by atoms with Crippen LogP contribution in [0.1, 0.15) is 21.4 Å². The molecule has 4 rings (SSSR count). The maximum Gasteiger partial charge on any atom is 0.274 e. The van der Waals surface area contributed by atoms with Crippen molar-refractivity contribution < 1.29 is 4.79 Å². The zero-order chi connectivity index (χ0) is 16.5. The summed E-state index contributed by atoms with van der Waals surface area (Å²) in [5.41, 5.74) is 1.62. The maximum absolute atomic E-state index is 13.1. The molecule has 3 nitrogen and oxygen atoms in total. The molecular weight excluding hydrogens is 340 g/mol. The number of nitrogens with zero attached hydrogens (tertiary/aromatic N) is 2. The second kappa shape index (κ2) is 6.46. The Morgan fingerprint density at radius 2 is 1.92 bits per heavy atom. The van der Waals surface area contributed by atoms with Crippen LogP contribution in [0.3, 0.4) is 0 Å². The van der Waals surface area contributed by atoms with Gasteiger partial charge in [-0.1, -0.05) is 48.0 Å². The first-order valence-corrected chi connectivity index (χ1v) is 9.18. The fourth-order valence-electron chi connectivity index (χ4n) is 3.01. The molecule has 0 radical (unpaired) electrons. The molecule has 0 N–H and O–H groups in total. The average Bonchev–Trinajstić information content (AvgIpc) is 3.11. The SMILES string of the molecule is O=C(c1nccc2ccccc12)N1CCSC1c1ccc(Cl)cc1. The van der Waals surface area contributed by atoms with E-state index >= 15 is 0 Å². The molecule has 1 unspecified atom stereocenters. The van der Waals surface area contributed by atoms with Crippen LogP contribution in [0.2, 0.25) is 5.02 Å². The van der Waals surface area contributed by atoms with Crippen LogP contribution in [-0.4, -0.2) is 28.1 Å². The molecule has 1 aliphatic heterocycles.